The van der Waals surface area contributed by atoms with E-state index >= 15 is 0 Å². The lowest BCUT2D eigenvalue weighted by Crippen LogP contribution is -2.35. The van der Waals surface area contributed by atoms with Gasteiger partial charge in [0.05, 0.1) is 25.2 Å². The van der Waals surface area contributed by atoms with E-state index in [1.807, 2.05) is 6.92 Å². The quantitative estimate of drug-likeness (QED) is 0.611. The second-order valence-electron chi connectivity index (χ2n) is 3.73. The van der Waals surface area contributed by atoms with Crippen LogP contribution in [0.4, 0.5) is 0 Å². The first-order chi connectivity index (χ1) is 6.24. The van der Waals surface area contributed by atoms with Crippen molar-refractivity contribution in [3.8, 4) is 0 Å². The highest BCUT2D eigenvalue weighted by atomic mass is 16.5. The van der Waals surface area contributed by atoms with Crippen LogP contribution in [0.5, 0.6) is 0 Å². The topological polar surface area (TPSA) is 61.5 Å². The Balaban J connectivity index is 2.00. The molecule has 0 radical (unpaired) electrons. The predicted molar refractivity (Wildman–Crippen MR) is 45.9 cm³/mol. The van der Waals surface area contributed by atoms with Gasteiger partial charge in [-0.1, -0.05) is 0 Å². The second kappa shape index (κ2) is 3.27. The first-order valence-electron chi connectivity index (χ1n) is 4.78. The molecule has 74 valence electrons. The Morgan fingerprint density at radius 2 is 2.46 bits per heavy atom. The molecular weight excluding hydrogens is 170 g/mol. The molecule has 1 aliphatic heterocycles. The summed E-state index contributed by atoms with van der Waals surface area (Å²) in [5, 5.41) is 0. The highest BCUT2D eigenvalue weighted by Crippen LogP contribution is 2.39. The van der Waals surface area contributed by atoms with Gasteiger partial charge >= 0.3 is 5.97 Å². The second-order valence-corrected chi connectivity index (χ2v) is 3.73. The van der Waals surface area contributed by atoms with E-state index in [0.29, 0.717) is 19.1 Å². The van der Waals surface area contributed by atoms with Crippen LogP contribution in [0.15, 0.2) is 0 Å². The molecule has 4 heteroatoms. The SMILES string of the molecule is CCOC(=O)C1CC2COC1C2N. The fraction of sp³-hybridized carbons (Fsp3) is 0.889. The molecule has 2 aliphatic rings. The third-order valence-corrected chi connectivity index (χ3v) is 2.97. The summed E-state index contributed by atoms with van der Waals surface area (Å²) >= 11 is 0. The number of hydrogen-bond donors (Lipinski definition) is 1. The summed E-state index contributed by atoms with van der Waals surface area (Å²) in [7, 11) is 0. The standard InChI is InChI=1S/C9H15NO3/c1-2-12-9(11)6-3-5-4-13-8(6)7(5)10/h5-8H,2-4,10H2,1H3. The average Bonchev–Trinajstić information content (AvgIpc) is 2.62. The zero-order chi connectivity index (χ0) is 9.42. The van der Waals surface area contributed by atoms with E-state index in [0.717, 1.165) is 6.42 Å². The van der Waals surface area contributed by atoms with Crippen molar-refractivity contribution in [2.75, 3.05) is 13.2 Å². The van der Waals surface area contributed by atoms with Crippen LogP contribution < -0.4 is 5.73 Å². The van der Waals surface area contributed by atoms with Gasteiger partial charge in [0.15, 0.2) is 0 Å². The fourth-order valence-electron chi connectivity index (χ4n) is 2.27. The van der Waals surface area contributed by atoms with E-state index in [1.165, 1.54) is 0 Å². The highest BCUT2D eigenvalue weighted by molar-refractivity contribution is 5.74. The molecule has 0 amide bonds. The Labute approximate surface area is 77.4 Å². The van der Waals surface area contributed by atoms with Gasteiger partial charge in [-0.3, -0.25) is 4.79 Å². The molecule has 1 heterocycles. The fourth-order valence-corrected chi connectivity index (χ4v) is 2.27. The molecular formula is C9H15NO3. The maximum atomic E-state index is 11.4. The largest absolute Gasteiger partial charge is 0.466 e. The van der Waals surface area contributed by atoms with Gasteiger partial charge in [0.1, 0.15) is 0 Å². The molecule has 0 aromatic rings. The molecule has 1 saturated carbocycles. The summed E-state index contributed by atoms with van der Waals surface area (Å²) in [6.07, 6.45) is 0.744. The average molecular weight is 185 g/mol. The molecule has 0 aromatic carbocycles. The van der Waals surface area contributed by atoms with Gasteiger partial charge < -0.3 is 15.2 Å². The Hall–Kier alpha value is -0.610. The maximum absolute atomic E-state index is 11.4. The van der Waals surface area contributed by atoms with Crippen molar-refractivity contribution in [2.24, 2.45) is 17.6 Å². The number of carbonyl (C=O) groups is 1. The van der Waals surface area contributed by atoms with Crippen LogP contribution in [0.25, 0.3) is 0 Å². The van der Waals surface area contributed by atoms with Crippen LogP contribution in [-0.2, 0) is 14.3 Å². The molecule has 2 N–H and O–H groups in total. The monoisotopic (exact) mass is 185 g/mol. The molecule has 1 saturated heterocycles. The van der Waals surface area contributed by atoms with Crippen LogP contribution in [0.2, 0.25) is 0 Å². The van der Waals surface area contributed by atoms with Gasteiger partial charge in [-0.2, -0.15) is 0 Å². The van der Waals surface area contributed by atoms with Gasteiger partial charge in [-0.25, -0.2) is 0 Å². The number of rotatable bonds is 2. The Bertz CT molecular complexity index is 219. The summed E-state index contributed by atoms with van der Waals surface area (Å²) < 4.78 is 10.4. The van der Waals surface area contributed by atoms with E-state index in [1.54, 1.807) is 0 Å². The number of ether oxygens (including phenoxy) is 2. The molecule has 4 nitrogen and oxygen atoms in total. The van der Waals surface area contributed by atoms with Crippen molar-refractivity contribution in [2.45, 2.75) is 25.5 Å². The molecule has 4 unspecified atom stereocenters. The van der Waals surface area contributed by atoms with Gasteiger partial charge in [0.2, 0.25) is 0 Å². The van der Waals surface area contributed by atoms with Crippen molar-refractivity contribution in [1.82, 2.24) is 0 Å². The van der Waals surface area contributed by atoms with Crippen LogP contribution in [-0.4, -0.2) is 31.3 Å². The van der Waals surface area contributed by atoms with E-state index in [2.05, 4.69) is 0 Å². The summed E-state index contributed by atoms with van der Waals surface area (Å²) in [5.74, 6) is 0.0956. The number of fused-ring (bicyclic) bond motifs is 2. The molecule has 13 heavy (non-hydrogen) atoms. The lowest BCUT2D eigenvalue weighted by molar-refractivity contribution is -0.153. The van der Waals surface area contributed by atoms with Crippen molar-refractivity contribution >= 4 is 5.97 Å². The molecule has 2 fully saturated rings. The molecule has 0 aromatic heterocycles. The van der Waals surface area contributed by atoms with E-state index in [-0.39, 0.29) is 24.0 Å². The smallest absolute Gasteiger partial charge is 0.311 e. The minimum Gasteiger partial charge on any atom is -0.466 e. The van der Waals surface area contributed by atoms with Gasteiger partial charge in [0, 0.05) is 12.0 Å². The van der Waals surface area contributed by atoms with Crippen LogP contribution in [0, 0.1) is 11.8 Å². The number of carbonyl (C=O) groups excluding carboxylic acids is 1. The van der Waals surface area contributed by atoms with Crippen LogP contribution in [0.3, 0.4) is 0 Å². The minimum absolute atomic E-state index is 0.0365. The van der Waals surface area contributed by atoms with E-state index in [4.69, 9.17) is 15.2 Å². The first-order valence-corrected chi connectivity index (χ1v) is 4.78. The summed E-state index contributed by atoms with van der Waals surface area (Å²) in [5.41, 5.74) is 5.88. The van der Waals surface area contributed by atoms with Gasteiger partial charge in [-0.15, -0.1) is 0 Å². The van der Waals surface area contributed by atoms with Crippen molar-refractivity contribution < 1.29 is 14.3 Å². The highest BCUT2D eigenvalue weighted by Gasteiger charge is 2.51. The summed E-state index contributed by atoms with van der Waals surface area (Å²) in [4.78, 5) is 11.4. The molecule has 0 spiro atoms. The van der Waals surface area contributed by atoms with Crippen LogP contribution >= 0.6 is 0 Å². The first kappa shape index (κ1) is 8.97. The third kappa shape index (κ3) is 1.34. The van der Waals surface area contributed by atoms with Crippen molar-refractivity contribution in [3.05, 3.63) is 0 Å². The third-order valence-electron chi connectivity index (χ3n) is 2.97. The number of hydrogen-bond acceptors (Lipinski definition) is 4. The molecule has 1 aliphatic carbocycles. The number of nitrogens with two attached hydrogens (primary N) is 1. The van der Waals surface area contributed by atoms with Crippen molar-refractivity contribution in [1.29, 1.82) is 0 Å². The lowest BCUT2D eigenvalue weighted by atomic mass is 10.0. The lowest BCUT2D eigenvalue weighted by Gasteiger charge is -2.19. The zero-order valence-electron chi connectivity index (χ0n) is 7.73. The molecule has 2 bridgehead atoms. The summed E-state index contributed by atoms with van der Waals surface area (Å²) in [6.45, 7) is 2.95. The van der Waals surface area contributed by atoms with Gasteiger partial charge in [0.25, 0.3) is 0 Å². The van der Waals surface area contributed by atoms with E-state index in [9.17, 15) is 4.79 Å². The zero-order valence-corrected chi connectivity index (χ0v) is 7.73. The normalized spacial score (nSPS) is 42.3. The Kier molecular flexibility index (Phi) is 2.26. The summed E-state index contributed by atoms with van der Waals surface area (Å²) in [6, 6.07) is 0.0365. The number of esters is 1. The van der Waals surface area contributed by atoms with Crippen molar-refractivity contribution in [3.63, 3.8) is 0 Å². The van der Waals surface area contributed by atoms with E-state index < -0.39 is 0 Å². The predicted octanol–water partition coefficient (Wildman–Crippen LogP) is -0.0883. The minimum atomic E-state index is -0.148. The van der Waals surface area contributed by atoms with Gasteiger partial charge in [-0.05, 0) is 13.3 Å². The molecule has 2 rings (SSSR count). The Morgan fingerprint density at radius 3 is 2.92 bits per heavy atom. The molecule has 4 atom stereocenters. The Morgan fingerprint density at radius 1 is 1.69 bits per heavy atom. The maximum Gasteiger partial charge on any atom is 0.311 e. The van der Waals surface area contributed by atoms with Crippen LogP contribution in [0.1, 0.15) is 13.3 Å².